The van der Waals surface area contributed by atoms with Crippen LogP contribution in [0.2, 0.25) is 0 Å². The highest BCUT2D eigenvalue weighted by Gasteiger charge is 2.24. The predicted octanol–water partition coefficient (Wildman–Crippen LogP) is 2.06. The number of nitrogen functional groups attached to an aromatic ring is 1. The SMILES string of the molecule is CCCCN(C(=O)COC(=O)/C=C/c1ccccc1F)c1c(N)n(CCC)c(=O)[nH]c1=O. The van der Waals surface area contributed by atoms with E-state index in [1.54, 1.807) is 6.07 Å². The minimum Gasteiger partial charge on any atom is -0.452 e. The van der Waals surface area contributed by atoms with E-state index in [0.29, 0.717) is 12.8 Å². The van der Waals surface area contributed by atoms with Gasteiger partial charge in [0.15, 0.2) is 12.3 Å². The average Bonchev–Trinajstić information content (AvgIpc) is 2.76. The molecule has 0 aliphatic heterocycles. The van der Waals surface area contributed by atoms with Crippen LogP contribution >= 0.6 is 0 Å². The number of hydrogen-bond acceptors (Lipinski definition) is 6. The Bertz CT molecular complexity index is 1110. The number of anilines is 2. The summed E-state index contributed by atoms with van der Waals surface area (Å²) in [5.41, 5.74) is 4.64. The maximum absolute atomic E-state index is 13.6. The number of amides is 1. The zero-order chi connectivity index (χ0) is 23.7. The van der Waals surface area contributed by atoms with E-state index in [2.05, 4.69) is 4.98 Å². The van der Waals surface area contributed by atoms with Gasteiger partial charge in [0.1, 0.15) is 11.6 Å². The van der Waals surface area contributed by atoms with Gasteiger partial charge in [0.05, 0.1) is 0 Å². The number of benzene rings is 1. The number of aromatic nitrogens is 2. The van der Waals surface area contributed by atoms with Crippen molar-refractivity contribution in [1.29, 1.82) is 0 Å². The molecule has 10 heteroatoms. The lowest BCUT2D eigenvalue weighted by Crippen LogP contribution is -2.43. The van der Waals surface area contributed by atoms with E-state index in [-0.39, 0.29) is 30.2 Å². The maximum atomic E-state index is 13.6. The van der Waals surface area contributed by atoms with Crippen LogP contribution in [-0.4, -0.2) is 34.6 Å². The van der Waals surface area contributed by atoms with E-state index < -0.39 is 35.5 Å². The quantitative estimate of drug-likeness (QED) is 0.425. The molecule has 0 aliphatic carbocycles. The molecule has 0 aliphatic rings. The van der Waals surface area contributed by atoms with Crippen LogP contribution in [0.4, 0.5) is 15.9 Å². The summed E-state index contributed by atoms with van der Waals surface area (Å²) in [6.45, 7) is 3.50. The molecule has 1 aromatic carbocycles. The minimum atomic E-state index is -0.852. The second kappa shape index (κ2) is 11.6. The Labute approximate surface area is 184 Å². The minimum absolute atomic E-state index is 0.129. The average molecular weight is 446 g/mol. The number of aromatic amines is 1. The molecule has 0 saturated heterocycles. The van der Waals surface area contributed by atoms with Gasteiger partial charge >= 0.3 is 11.7 Å². The fourth-order valence-corrected chi connectivity index (χ4v) is 2.99. The summed E-state index contributed by atoms with van der Waals surface area (Å²) in [4.78, 5) is 52.6. The lowest BCUT2D eigenvalue weighted by molar-refractivity contribution is -0.142. The van der Waals surface area contributed by atoms with E-state index in [4.69, 9.17) is 10.5 Å². The Morgan fingerprint density at radius 3 is 2.59 bits per heavy atom. The van der Waals surface area contributed by atoms with Crippen molar-refractivity contribution in [3.8, 4) is 0 Å². The van der Waals surface area contributed by atoms with Crippen molar-refractivity contribution in [3.63, 3.8) is 0 Å². The lowest BCUT2D eigenvalue weighted by atomic mass is 10.2. The van der Waals surface area contributed by atoms with Crippen LogP contribution < -0.4 is 21.9 Å². The van der Waals surface area contributed by atoms with Crippen LogP contribution in [0.5, 0.6) is 0 Å². The van der Waals surface area contributed by atoms with Gasteiger partial charge in [-0.05, 0) is 25.0 Å². The highest BCUT2D eigenvalue weighted by Crippen LogP contribution is 2.18. The van der Waals surface area contributed by atoms with Gasteiger partial charge in [-0.1, -0.05) is 38.5 Å². The Kier molecular flexibility index (Phi) is 8.94. The zero-order valence-corrected chi connectivity index (χ0v) is 18.1. The van der Waals surface area contributed by atoms with Gasteiger partial charge < -0.3 is 15.4 Å². The first kappa shape index (κ1) is 24.6. The number of nitrogens with two attached hydrogens (primary N) is 1. The molecular formula is C22H27FN4O5. The first-order valence-corrected chi connectivity index (χ1v) is 10.3. The van der Waals surface area contributed by atoms with Crippen molar-refractivity contribution in [1.82, 2.24) is 9.55 Å². The molecule has 0 unspecified atom stereocenters. The number of rotatable bonds is 10. The number of halogens is 1. The number of nitrogens with zero attached hydrogens (tertiary/aromatic N) is 2. The number of carbonyl (C=O) groups excluding carboxylic acids is 2. The molecule has 1 heterocycles. The van der Waals surface area contributed by atoms with Gasteiger partial charge in [0.25, 0.3) is 11.5 Å². The monoisotopic (exact) mass is 446 g/mol. The van der Waals surface area contributed by atoms with Gasteiger partial charge in [0.2, 0.25) is 0 Å². The van der Waals surface area contributed by atoms with Crippen LogP contribution in [-0.2, 0) is 20.9 Å². The molecule has 32 heavy (non-hydrogen) atoms. The van der Waals surface area contributed by atoms with Gasteiger partial charge in [-0.2, -0.15) is 0 Å². The number of unbranched alkanes of at least 4 members (excludes halogenated alkanes) is 1. The van der Waals surface area contributed by atoms with Gasteiger partial charge in [-0.25, -0.2) is 14.0 Å². The Balaban J connectivity index is 2.21. The van der Waals surface area contributed by atoms with Crippen LogP contribution in [0.15, 0.2) is 39.9 Å². The third-order valence-electron chi connectivity index (χ3n) is 4.61. The predicted molar refractivity (Wildman–Crippen MR) is 120 cm³/mol. The molecule has 9 nitrogen and oxygen atoms in total. The first-order valence-electron chi connectivity index (χ1n) is 10.3. The molecule has 0 atom stereocenters. The van der Waals surface area contributed by atoms with Crippen LogP contribution in [0, 0.1) is 5.82 Å². The van der Waals surface area contributed by atoms with Crippen LogP contribution in [0.25, 0.3) is 6.08 Å². The third kappa shape index (κ3) is 6.16. The molecule has 1 amide bonds. The van der Waals surface area contributed by atoms with Crippen molar-refractivity contribution in [3.05, 3.63) is 62.6 Å². The highest BCUT2D eigenvalue weighted by molar-refractivity contribution is 5.98. The van der Waals surface area contributed by atoms with Crippen LogP contribution in [0.3, 0.4) is 0 Å². The molecule has 0 radical (unpaired) electrons. The Hall–Kier alpha value is -3.69. The molecule has 1 aromatic heterocycles. The molecule has 2 rings (SSSR count). The zero-order valence-electron chi connectivity index (χ0n) is 18.1. The van der Waals surface area contributed by atoms with Gasteiger partial charge in [-0.3, -0.25) is 19.1 Å². The van der Waals surface area contributed by atoms with Crippen molar-refractivity contribution in [2.45, 2.75) is 39.7 Å². The van der Waals surface area contributed by atoms with Gasteiger partial charge in [0, 0.05) is 24.7 Å². The molecule has 0 fully saturated rings. The molecule has 3 N–H and O–H groups in total. The van der Waals surface area contributed by atoms with Crippen LogP contribution in [0.1, 0.15) is 38.7 Å². The normalized spacial score (nSPS) is 11.0. The standard InChI is InChI=1S/C22H27FN4O5/c1-3-5-13-26(19-20(24)27(12-4-2)22(31)25-21(19)30)17(28)14-32-18(29)11-10-15-8-6-7-9-16(15)23/h6-11H,3-5,12-14,24H2,1-2H3,(H,25,30,31)/b11-10+. The number of carbonyl (C=O) groups is 2. The number of nitrogens with one attached hydrogen (secondary N) is 1. The van der Waals surface area contributed by atoms with E-state index in [1.165, 1.54) is 28.8 Å². The summed E-state index contributed by atoms with van der Waals surface area (Å²) >= 11 is 0. The molecule has 0 spiro atoms. The Morgan fingerprint density at radius 1 is 1.22 bits per heavy atom. The number of H-pyrrole nitrogens is 1. The summed E-state index contributed by atoms with van der Waals surface area (Å²) < 4.78 is 19.8. The highest BCUT2D eigenvalue weighted by atomic mass is 19.1. The van der Waals surface area contributed by atoms with Crippen molar-refractivity contribution < 1.29 is 18.7 Å². The smallest absolute Gasteiger partial charge is 0.331 e. The first-order chi connectivity index (χ1) is 15.3. The van der Waals surface area contributed by atoms with E-state index in [1.807, 2.05) is 13.8 Å². The van der Waals surface area contributed by atoms with Crippen molar-refractivity contribution in [2.75, 3.05) is 23.8 Å². The fraction of sp³-hybridized carbons (Fsp3) is 0.364. The van der Waals surface area contributed by atoms with E-state index >= 15 is 0 Å². The second-order valence-corrected chi connectivity index (χ2v) is 7.01. The van der Waals surface area contributed by atoms with E-state index in [9.17, 15) is 23.6 Å². The largest absolute Gasteiger partial charge is 0.452 e. The summed E-state index contributed by atoms with van der Waals surface area (Å²) in [5, 5.41) is 0. The van der Waals surface area contributed by atoms with E-state index in [0.717, 1.165) is 17.4 Å². The molecular weight excluding hydrogens is 419 g/mol. The number of ether oxygens (including phenoxy) is 1. The van der Waals surface area contributed by atoms with Crippen molar-refractivity contribution in [2.24, 2.45) is 0 Å². The van der Waals surface area contributed by atoms with Gasteiger partial charge in [-0.15, -0.1) is 0 Å². The third-order valence-corrected chi connectivity index (χ3v) is 4.61. The summed E-state index contributed by atoms with van der Waals surface area (Å²) in [5.74, 6) is -2.16. The summed E-state index contributed by atoms with van der Waals surface area (Å²) in [6, 6.07) is 5.87. The Morgan fingerprint density at radius 2 is 1.94 bits per heavy atom. The molecule has 172 valence electrons. The topological polar surface area (TPSA) is 127 Å². The number of esters is 1. The maximum Gasteiger partial charge on any atom is 0.331 e. The van der Waals surface area contributed by atoms with Crippen molar-refractivity contribution >= 4 is 29.5 Å². The number of hydrogen-bond donors (Lipinski definition) is 2. The second-order valence-electron chi connectivity index (χ2n) is 7.01. The molecule has 0 bridgehead atoms. The fourth-order valence-electron chi connectivity index (χ4n) is 2.99. The lowest BCUT2D eigenvalue weighted by Gasteiger charge is -2.24. The molecule has 2 aromatic rings. The summed E-state index contributed by atoms with van der Waals surface area (Å²) in [6.07, 6.45) is 4.11. The molecule has 0 saturated carbocycles. The summed E-state index contributed by atoms with van der Waals surface area (Å²) in [7, 11) is 0.